The molecule has 0 radical (unpaired) electrons. The summed E-state index contributed by atoms with van der Waals surface area (Å²) in [4.78, 5) is 0. The van der Waals surface area contributed by atoms with E-state index in [-0.39, 0.29) is 5.82 Å². The van der Waals surface area contributed by atoms with Crippen molar-refractivity contribution in [1.82, 2.24) is 0 Å². The predicted molar refractivity (Wildman–Crippen MR) is 62.0 cm³/mol. The first-order valence-corrected chi connectivity index (χ1v) is 5.45. The number of aliphatic hydroxyl groups is 1. The normalized spacial score (nSPS) is 15.6. The van der Waals surface area contributed by atoms with Crippen LogP contribution >= 0.6 is 0 Å². The Morgan fingerprint density at radius 3 is 2.12 bits per heavy atom. The van der Waals surface area contributed by atoms with Gasteiger partial charge in [0.2, 0.25) is 0 Å². The zero-order valence-corrected chi connectivity index (χ0v) is 10.2. The maximum atomic E-state index is 12.7. The highest BCUT2D eigenvalue weighted by atomic mass is 19.1. The van der Waals surface area contributed by atoms with E-state index in [9.17, 15) is 9.50 Å². The minimum absolute atomic E-state index is 0.299. The second-order valence-electron chi connectivity index (χ2n) is 4.69. The van der Waals surface area contributed by atoms with Crippen molar-refractivity contribution < 1.29 is 14.2 Å². The molecule has 2 nitrogen and oxygen atoms in total. The van der Waals surface area contributed by atoms with Crippen molar-refractivity contribution in [2.75, 3.05) is 0 Å². The van der Waals surface area contributed by atoms with Gasteiger partial charge in [-0.2, -0.15) is 0 Å². The van der Waals surface area contributed by atoms with Crippen LogP contribution in [0.3, 0.4) is 0 Å². The van der Waals surface area contributed by atoms with Crippen LogP contribution in [0.15, 0.2) is 24.3 Å². The maximum absolute atomic E-state index is 12.7. The summed E-state index contributed by atoms with van der Waals surface area (Å²) in [5.74, 6) is 0.257. The lowest BCUT2D eigenvalue weighted by atomic mass is 9.85. The van der Waals surface area contributed by atoms with E-state index in [1.807, 2.05) is 20.8 Å². The number of ether oxygens (including phenoxy) is 1. The lowest BCUT2D eigenvalue weighted by Gasteiger charge is -2.39. The lowest BCUT2D eigenvalue weighted by molar-refractivity contribution is -0.105. The topological polar surface area (TPSA) is 29.5 Å². The molecule has 90 valence electrons. The second kappa shape index (κ2) is 4.42. The third-order valence-corrected chi connectivity index (χ3v) is 3.17. The van der Waals surface area contributed by atoms with E-state index in [0.717, 1.165) is 0 Å². The number of benzene rings is 1. The Bertz CT molecular complexity index is 341. The third kappa shape index (κ3) is 2.73. The van der Waals surface area contributed by atoms with Crippen LogP contribution in [-0.2, 0) is 0 Å². The average Bonchev–Trinajstić information content (AvgIpc) is 2.21. The van der Waals surface area contributed by atoms with Crippen LogP contribution in [-0.4, -0.2) is 16.3 Å². The van der Waals surface area contributed by atoms with Gasteiger partial charge in [-0.05, 0) is 51.5 Å². The van der Waals surface area contributed by atoms with E-state index >= 15 is 0 Å². The number of hydrogen-bond donors (Lipinski definition) is 1. The molecule has 3 heteroatoms. The SMILES string of the molecule is CCC(C)(O)C(C)(C)Oc1ccc(F)cc1. The molecule has 0 aromatic heterocycles. The van der Waals surface area contributed by atoms with Gasteiger partial charge in [0, 0.05) is 0 Å². The van der Waals surface area contributed by atoms with Crippen molar-refractivity contribution >= 4 is 0 Å². The van der Waals surface area contributed by atoms with Crippen LogP contribution in [0.2, 0.25) is 0 Å². The van der Waals surface area contributed by atoms with Crippen LogP contribution in [0.1, 0.15) is 34.1 Å². The highest BCUT2D eigenvalue weighted by Crippen LogP contribution is 2.30. The van der Waals surface area contributed by atoms with Crippen molar-refractivity contribution in [2.45, 2.75) is 45.3 Å². The standard InChI is InChI=1S/C13H19FO2/c1-5-13(4,15)12(2,3)16-11-8-6-10(14)7-9-11/h6-9,15H,5H2,1-4H3. The second-order valence-corrected chi connectivity index (χ2v) is 4.69. The Morgan fingerprint density at radius 1 is 1.19 bits per heavy atom. The zero-order chi connectivity index (χ0) is 12.4. The molecule has 0 aliphatic rings. The van der Waals surface area contributed by atoms with Gasteiger partial charge >= 0.3 is 0 Å². The van der Waals surface area contributed by atoms with Crippen molar-refractivity contribution in [3.8, 4) is 5.75 Å². The van der Waals surface area contributed by atoms with Crippen LogP contribution in [0.4, 0.5) is 4.39 Å². The summed E-state index contributed by atoms with van der Waals surface area (Å²) in [7, 11) is 0. The molecule has 1 rings (SSSR count). The van der Waals surface area contributed by atoms with Gasteiger partial charge in [-0.25, -0.2) is 4.39 Å². The molecule has 0 heterocycles. The monoisotopic (exact) mass is 226 g/mol. The van der Waals surface area contributed by atoms with Gasteiger partial charge in [-0.1, -0.05) is 6.92 Å². The fourth-order valence-electron chi connectivity index (χ4n) is 1.33. The van der Waals surface area contributed by atoms with Crippen molar-refractivity contribution in [2.24, 2.45) is 0 Å². The molecule has 1 aromatic rings. The first kappa shape index (κ1) is 13.0. The van der Waals surface area contributed by atoms with Gasteiger partial charge in [-0.3, -0.25) is 0 Å². The summed E-state index contributed by atoms with van der Waals surface area (Å²) in [5.41, 5.74) is -1.65. The first-order valence-electron chi connectivity index (χ1n) is 5.45. The summed E-state index contributed by atoms with van der Waals surface area (Å²) in [6.07, 6.45) is 0.585. The van der Waals surface area contributed by atoms with E-state index < -0.39 is 11.2 Å². The molecule has 0 aliphatic carbocycles. The molecule has 0 aliphatic heterocycles. The molecule has 0 amide bonds. The van der Waals surface area contributed by atoms with Crippen LogP contribution in [0.25, 0.3) is 0 Å². The number of halogens is 1. The molecular weight excluding hydrogens is 207 g/mol. The average molecular weight is 226 g/mol. The summed E-state index contributed by atoms with van der Waals surface area (Å²) in [5, 5.41) is 10.2. The summed E-state index contributed by atoms with van der Waals surface area (Å²) in [6, 6.07) is 5.80. The predicted octanol–water partition coefficient (Wildman–Crippen LogP) is 3.14. The fraction of sp³-hybridized carbons (Fsp3) is 0.538. The lowest BCUT2D eigenvalue weighted by Crippen LogP contribution is -2.51. The first-order chi connectivity index (χ1) is 7.28. The highest BCUT2D eigenvalue weighted by molar-refractivity contribution is 5.23. The Hall–Kier alpha value is -1.09. The smallest absolute Gasteiger partial charge is 0.132 e. The summed E-state index contributed by atoms with van der Waals surface area (Å²) in [6.45, 7) is 7.27. The Kier molecular flexibility index (Phi) is 3.58. The molecule has 0 fully saturated rings. The van der Waals surface area contributed by atoms with Gasteiger partial charge in [-0.15, -0.1) is 0 Å². The van der Waals surface area contributed by atoms with Crippen LogP contribution < -0.4 is 4.74 Å². The Labute approximate surface area is 96.1 Å². The van der Waals surface area contributed by atoms with Crippen LogP contribution in [0, 0.1) is 5.82 Å². The third-order valence-electron chi connectivity index (χ3n) is 3.17. The summed E-state index contributed by atoms with van der Waals surface area (Å²) >= 11 is 0. The number of rotatable bonds is 4. The zero-order valence-electron chi connectivity index (χ0n) is 10.2. The molecule has 0 saturated carbocycles. The van der Waals surface area contributed by atoms with Gasteiger partial charge in [0.1, 0.15) is 22.8 Å². The largest absolute Gasteiger partial charge is 0.485 e. The summed E-state index contributed by atoms with van der Waals surface area (Å²) < 4.78 is 18.4. The van der Waals surface area contributed by atoms with Gasteiger partial charge in [0.15, 0.2) is 0 Å². The van der Waals surface area contributed by atoms with Gasteiger partial charge in [0.25, 0.3) is 0 Å². The molecule has 1 N–H and O–H groups in total. The molecule has 0 bridgehead atoms. The highest BCUT2D eigenvalue weighted by Gasteiger charge is 2.39. The van der Waals surface area contributed by atoms with E-state index in [0.29, 0.717) is 12.2 Å². The minimum Gasteiger partial charge on any atom is -0.485 e. The fourth-order valence-corrected chi connectivity index (χ4v) is 1.33. The van der Waals surface area contributed by atoms with E-state index in [2.05, 4.69) is 0 Å². The molecule has 1 aromatic carbocycles. The van der Waals surface area contributed by atoms with Gasteiger partial charge < -0.3 is 9.84 Å². The Morgan fingerprint density at radius 2 is 1.69 bits per heavy atom. The van der Waals surface area contributed by atoms with Crippen molar-refractivity contribution in [1.29, 1.82) is 0 Å². The van der Waals surface area contributed by atoms with E-state index in [1.165, 1.54) is 12.1 Å². The molecular formula is C13H19FO2. The van der Waals surface area contributed by atoms with Gasteiger partial charge in [0.05, 0.1) is 0 Å². The van der Waals surface area contributed by atoms with Crippen molar-refractivity contribution in [3.63, 3.8) is 0 Å². The molecule has 1 unspecified atom stereocenters. The molecule has 1 atom stereocenters. The molecule has 16 heavy (non-hydrogen) atoms. The quantitative estimate of drug-likeness (QED) is 0.854. The number of hydrogen-bond acceptors (Lipinski definition) is 2. The maximum Gasteiger partial charge on any atom is 0.132 e. The molecule has 0 saturated heterocycles. The van der Waals surface area contributed by atoms with E-state index in [1.54, 1.807) is 19.1 Å². The van der Waals surface area contributed by atoms with Crippen molar-refractivity contribution in [3.05, 3.63) is 30.1 Å². The minimum atomic E-state index is -0.929. The van der Waals surface area contributed by atoms with E-state index in [4.69, 9.17) is 4.74 Å². The Balaban J connectivity index is 2.84. The molecule has 0 spiro atoms. The van der Waals surface area contributed by atoms with Crippen LogP contribution in [0.5, 0.6) is 5.75 Å².